The molecule has 184 valence electrons. The number of anilines is 4. The minimum Gasteiger partial charge on any atom is -0.339 e. The summed E-state index contributed by atoms with van der Waals surface area (Å²) in [5.41, 5.74) is 2.09. The van der Waals surface area contributed by atoms with E-state index in [1.54, 1.807) is 25.5 Å². The number of hydrogen-bond donors (Lipinski definition) is 3. The Hall–Kier alpha value is -2.93. The third-order valence-corrected chi connectivity index (χ3v) is 7.89. The first-order valence-electron chi connectivity index (χ1n) is 11.5. The Labute approximate surface area is 210 Å². The van der Waals surface area contributed by atoms with Crippen LogP contribution in [0.4, 0.5) is 23.1 Å². The maximum absolute atomic E-state index is 12.8. The van der Waals surface area contributed by atoms with Gasteiger partial charge in [0.05, 0.1) is 11.9 Å². The maximum atomic E-state index is 12.8. The normalized spacial score (nSPS) is 14.6. The predicted octanol–water partition coefficient (Wildman–Crippen LogP) is 4.69. The van der Waals surface area contributed by atoms with Gasteiger partial charge in [0, 0.05) is 35.7 Å². The van der Waals surface area contributed by atoms with Crippen LogP contribution in [-0.2, 0) is 4.57 Å². The first kappa shape index (κ1) is 25.2. The van der Waals surface area contributed by atoms with Crippen LogP contribution in [0.2, 0.25) is 5.02 Å². The number of halogens is 1. The third kappa shape index (κ3) is 6.20. The van der Waals surface area contributed by atoms with E-state index in [0.717, 1.165) is 36.9 Å². The van der Waals surface area contributed by atoms with Crippen LogP contribution in [0.1, 0.15) is 23.2 Å². The summed E-state index contributed by atoms with van der Waals surface area (Å²) in [4.78, 5) is 23.5. The molecule has 10 heteroatoms. The number of nitrogens with one attached hydrogen (secondary N) is 3. The predicted molar refractivity (Wildman–Crippen MR) is 144 cm³/mol. The molecular formula is C25H30ClN6O2P. The zero-order valence-electron chi connectivity index (χ0n) is 20.1. The molecule has 0 spiro atoms. The van der Waals surface area contributed by atoms with E-state index in [1.165, 1.54) is 6.20 Å². The Balaban J connectivity index is 1.46. The van der Waals surface area contributed by atoms with Crippen molar-refractivity contribution in [2.24, 2.45) is 0 Å². The van der Waals surface area contributed by atoms with Gasteiger partial charge in [-0.3, -0.25) is 4.79 Å². The van der Waals surface area contributed by atoms with Gasteiger partial charge in [-0.2, -0.15) is 4.98 Å². The molecule has 1 aliphatic rings. The topological polar surface area (TPSA) is 99.3 Å². The van der Waals surface area contributed by atoms with Crippen LogP contribution in [0.15, 0.2) is 54.7 Å². The number of amides is 1. The maximum Gasteiger partial charge on any atom is 0.253 e. The lowest BCUT2D eigenvalue weighted by Gasteiger charge is -2.31. The molecule has 1 aromatic heterocycles. The van der Waals surface area contributed by atoms with E-state index in [-0.39, 0.29) is 5.91 Å². The highest BCUT2D eigenvalue weighted by Gasteiger charge is 2.22. The average molecular weight is 513 g/mol. The van der Waals surface area contributed by atoms with Crippen molar-refractivity contribution in [1.82, 2.24) is 20.2 Å². The molecule has 1 saturated heterocycles. The van der Waals surface area contributed by atoms with Crippen molar-refractivity contribution in [2.75, 3.05) is 44.1 Å². The van der Waals surface area contributed by atoms with Crippen LogP contribution in [0, 0.1) is 0 Å². The fraction of sp³-hybridized carbons (Fsp3) is 0.320. The van der Waals surface area contributed by atoms with Gasteiger partial charge >= 0.3 is 0 Å². The van der Waals surface area contributed by atoms with E-state index in [0.29, 0.717) is 34.1 Å². The van der Waals surface area contributed by atoms with E-state index in [2.05, 4.69) is 25.9 Å². The Morgan fingerprint density at radius 1 is 1.06 bits per heavy atom. The molecule has 0 saturated carbocycles. The van der Waals surface area contributed by atoms with Crippen LogP contribution in [0.3, 0.4) is 0 Å². The van der Waals surface area contributed by atoms with Gasteiger partial charge in [-0.05, 0) is 69.6 Å². The minimum atomic E-state index is -2.50. The van der Waals surface area contributed by atoms with Crippen molar-refractivity contribution >= 4 is 53.1 Å². The largest absolute Gasteiger partial charge is 0.339 e. The van der Waals surface area contributed by atoms with Gasteiger partial charge in [-0.25, -0.2) is 4.98 Å². The van der Waals surface area contributed by atoms with Crippen LogP contribution >= 0.6 is 18.7 Å². The monoisotopic (exact) mass is 512 g/mol. The highest BCUT2D eigenvalue weighted by atomic mass is 35.5. The smallest absolute Gasteiger partial charge is 0.253 e. The third-order valence-electron chi connectivity index (χ3n) is 6.06. The summed E-state index contributed by atoms with van der Waals surface area (Å²) in [6, 6.07) is 15.2. The number of para-hydroxylation sites is 1. The molecule has 8 nitrogen and oxygen atoms in total. The number of rotatable bonds is 7. The molecule has 1 amide bonds. The van der Waals surface area contributed by atoms with Gasteiger partial charge in [0.1, 0.15) is 12.2 Å². The molecule has 3 N–H and O–H groups in total. The van der Waals surface area contributed by atoms with Crippen molar-refractivity contribution < 1.29 is 9.36 Å². The molecular weight excluding hydrogens is 483 g/mol. The SMILES string of the molecule is CNC1CCN(C(=O)c2ccc(Nc3ncc(Cl)c(Nc4ccccc4P(C)(C)=O)n3)cc2)CC1. The van der Waals surface area contributed by atoms with Crippen LogP contribution < -0.4 is 21.3 Å². The molecule has 35 heavy (non-hydrogen) atoms. The molecule has 0 radical (unpaired) electrons. The fourth-order valence-corrected chi connectivity index (χ4v) is 5.36. The molecule has 1 aliphatic heterocycles. The van der Waals surface area contributed by atoms with Gasteiger partial charge in [0.25, 0.3) is 5.91 Å². The molecule has 4 rings (SSSR count). The van der Waals surface area contributed by atoms with Gasteiger partial charge in [-0.1, -0.05) is 23.7 Å². The first-order chi connectivity index (χ1) is 16.7. The zero-order chi connectivity index (χ0) is 25.0. The molecule has 0 aliphatic carbocycles. The van der Waals surface area contributed by atoms with Gasteiger partial charge in [0.2, 0.25) is 5.95 Å². The average Bonchev–Trinajstić information content (AvgIpc) is 2.86. The second-order valence-electron chi connectivity index (χ2n) is 8.94. The van der Waals surface area contributed by atoms with E-state index < -0.39 is 7.14 Å². The Kier molecular flexibility index (Phi) is 7.75. The summed E-state index contributed by atoms with van der Waals surface area (Å²) < 4.78 is 12.7. The standard InChI is InChI=1S/C25H30ClN6O2P/c1-27-18-12-14-32(15-13-18)24(33)17-8-10-19(11-9-17)29-25-28-16-20(26)23(31-25)30-21-6-4-5-7-22(21)35(2,3)34/h4-11,16,18,27H,12-15H2,1-3H3,(H2,28,29,30,31). The number of piperidine rings is 1. The second-order valence-corrected chi connectivity index (χ2v) is 12.5. The number of aromatic nitrogens is 2. The molecule has 0 atom stereocenters. The van der Waals surface area contributed by atoms with Gasteiger partial charge in [0.15, 0.2) is 5.82 Å². The van der Waals surface area contributed by atoms with Gasteiger partial charge < -0.3 is 25.4 Å². The van der Waals surface area contributed by atoms with Crippen LogP contribution in [0.5, 0.6) is 0 Å². The summed E-state index contributed by atoms with van der Waals surface area (Å²) in [5, 5.41) is 10.7. The number of hydrogen-bond acceptors (Lipinski definition) is 7. The lowest BCUT2D eigenvalue weighted by Crippen LogP contribution is -2.43. The summed E-state index contributed by atoms with van der Waals surface area (Å²) in [6.45, 7) is 4.96. The van der Waals surface area contributed by atoms with Crippen molar-refractivity contribution in [1.29, 1.82) is 0 Å². The second kappa shape index (κ2) is 10.8. The van der Waals surface area contributed by atoms with Crippen LogP contribution in [-0.4, -0.2) is 60.3 Å². The number of likely N-dealkylation sites (tertiary alicyclic amines) is 1. The van der Waals surface area contributed by atoms with Crippen molar-refractivity contribution in [2.45, 2.75) is 18.9 Å². The first-order valence-corrected chi connectivity index (χ1v) is 14.5. The van der Waals surface area contributed by atoms with Gasteiger partial charge in [-0.15, -0.1) is 0 Å². The Bertz CT molecular complexity index is 1240. The van der Waals surface area contributed by atoms with Crippen molar-refractivity contribution in [3.8, 4) is 0 Å². The van der Waals surface area contributed by atoms with E-state index in [4.69, 9.17) is 11.6 Å². The Morgan fingerprint density at radius 3 is 2.40 bits per heavy atom. The minimum absolute atomic E-state index is 0.0446. The molecule has 0 bridgehead atoms. The fourth-order valence-electron chi connectivity index (χ4n) is 4.07. The van der Waals surface area contributed by atoms with Crippen molar-refractivity contribution in [3.05, 3.63) is 65.3 Å². The van der Waals surface area contributed by atoms with E-state index in [9.17, 15) is 9.36 Å². The van der Waals surface area contributed by atoms with Crippen molar-refractivity contribution in [3.63, 3.8) is 0 Å². The summed E-state index contributed by atoms with van der Waals surface area (Å²) in [7, 11) is -0.538. The zero-order valence-corrected chi connectivity index (χ0v) is 21.7. The van der Waals surface area contributed by atoms with E-state index in [1.807, 2.05) is 48.3 Å². The summed E-state index contributed by atoms with van der Waals surface area (Å²) in [6.07, 6.45) is 3.43. The highest BCUT2D eigenvalue weighted by molar-refractivity contribution is 7.70. The quantitative estimate of drug-likeness (QED) is 0.395. The molecule has 2 heterocycles. The van der Waals surface area contributed by atoms with E-state index >= 15 is 0 Å². The lowest BCUT2D eigenvalue weighted by atomic mass is 10.0. The Morgan fingerprint density at radius 2 is 1.74 bits per heavy atom. The molecule has 0 unspecified atom stereocenters. The number of carbonyl (C=O) groups excluding carboxylic acids is 1. The highest BCUT2D eigenvalue weighted by Crippen LogP contribution is 2.38. The van der Waals surface area contributed by atoms with Crippen LogP contribution in [0.25, 0.3) is 0 Å². The number of benzene rings is 2. The number of carbonyl (C=O) groups is 1. The molecule has 3 aromatic rings. The lowest BCUT2D eigenvalue weighted by molar-refractivity contribution is 0.0707. The number of nitrogens with zero attached hydrogens (tertiary/aromatic N) is 3. The molecule has 2 aromatic carbocycles. The molecule has 1 fully saturated rings. The summed E-state index contributed by atoms with van der Waals surface area (Å²) >= 11 is 6.33. The summed E-state index contributed by atoms with van der Waals surface area (Å²) in [5.74, 6) is 0.795.